The SMILES string of the molecule is Cc1ccc(F)c(C(=O)NCC(C)C(=O)O)c1F. The zero-order valence-electron chi connectivity index (χ0n) is 9.96. The first-order valence-electron chi connectivity index (χ1n) is 5.30. The summed E-state index contributed by atoms with van der Waals surface area (Å²) < 4.78 is 26.9. The lowest BCUT2D eigenvalue weighted by atomic mass is 10.1. The van der Waals surface area contributed by atoms with E-state index in [2.05, 4.69) is 5.32 Å². The molecule has 98 valence electrons. The quantitative estimate of drug-likeness (QED) is 0.863. The van der Waals surface area contributed by atoms with Crippen molar-refractivity contribution in [2.24, 2.45) is 5.92 Å². The number of carbonyl (C=O) groups excluding carboxylic acids is 1. The maximum atomic E-state index is 13.6. The molecule has 18 heavy (non-hydrogen) atoms. The van der Waals surface area contributed by atoms with Crippen molar-refractivity contribution in [2.75, 3.05) is 6.54 Å². The highest BCUT2D eigenvalue weighted by atomic mass is 19.1. The van der Waals surface area contributed by atoms with E-state index in [0.717, 1.165) is 6.07 Å². The van der Waals surface area contributed by atoms with E-state index >= 15 is 0 Å². The van der Waals surface area contributed by atoms with Crippen LogP contribution in [0.2, 0.25) is 0 Å². The Morgan fingerprint density at radius 2 is 2.00 bits per heavy atom. The predicted octanol–water partition coefficient (Wildman–Crippen LogP) is 1.72. The molecule has 0 radical (unpaired) electrons. The van der Waals surface area contributed by atoms with E-state index in [0.29, 0.717) is 0 Å². The number of nitrogens with one attached hydrogen (secondary N) is 1. The Labute approximate surface area is 103 Å². The van der Waals surface area contributed by atoms with Gasteiger partial charge in [0.2, 0.25) is 0 Å². The molecule has 2 N–H and O–H groups in total. The van der Waals surface area contributed by atoms with E-state index in [1.807, 2.05) is 0 Å². The molecule has 1 unspecified atom stereocenters. The molecule has 1 amide bonds. The van der Waals surface area contributed by atoms with Crippen molar-refractivity contribution in [3.8, 4) is 0 Å². The molecule has 0 saturated carbocycles. The van der Waals surface area contributed by atoms with Crippen molar-refractivity contribution in [2.45, 2.75) is 13.8 Å². The number of carboxylic acid groups (broad SMARTS) is 1. The number of carboxylic acids is 1. The molecule has 0 bridgehead atoms. The van der Waals surface area contributed by atoms with Gasteiger partial charge in [0.05, 0.1) is 5.92 Å². The van der Waals surface area contributed by atoms with Gasteiger partial charge >= 0.3 is 5.97 Å². The highest BCUT2D eigenvalue weighted by Crippen LogP contribution is 2.16. The fourth-order valence-electron chi connectivity index (χ4n) is 1.29. The third-order valence-corrected chi connectivity index (χ3v) is 2.50. The van der Waals surface area contributed by atoms with Crippen LogP contribution >= 0.6 is 0 Å². The summed E-state index contributed by atoms with van der Waals surface area (Å²) in [5.74, 6) is -4.79. The number of aryl methyl sites for hydroxylation is 1. The molecule has 0 fully saturated rings. The van der Waals surface area contributed by atoms with Crippen LogP contribution < -0.4 is 5.32 Å². The molecule has 0 heterocycles. The molecule has 0 spiro atoms. The first-order valence-corrected chi connectivity index (χ1v) is 5.30. The standard InChI is InChI=1S/C12H13F2NO3/c1-6-3-4-8(13)9(10(6)14)11(16)15-5-7(2)12(17)18/h3-4,7H,5H2,1-2H3,(H,15,16)(H,17,18). The molecule has 0 aliphatic heterocycles. The van der Waals surface area contributed by atoms with Crippen LogP contribution in [-0.2, 0) is 4.79 Å². The van der Waals surface area contributed by atoms with Crippen LogP contribution in [0.5, 0.6) is 0 Å². The summed E-state index contributed by atoms with van der Waals surface area (Å²) in [7, 11) is 0. The van der Waals surface area contributed by atoms with E-state index in [1.54, 1.807) is 0 Å². The molecular formula is C12H13F2NO3. The average molecular weight is 257 g/mol. The van der Waals surface area contributed by atoms with Gasteiger partial charge in [-0.05, 0) is 18.6 Å². The van der Waals surface area contributed by atoms with Gasteiger partial charge in [-0.3, -0.25) is 9.59 Å². The molecule has 1 aromatic carbocycles. The van der Waals surface area contributed by atoms with Crippen molar-refractivity contribution in [1.82, 2.24) is 5.32 Å². The molecule has 0 aromatic heterocycles. The highest BCUT2D eigenvalue weighted by molar-refractivity contribution is 5.95. The first kappa shape index (κ1) is 14.1. The molecule has 0 aliphatic rings. The van der Waals surface area contributed by atoms with Crippen molar-refractivity contribution in [3.05, 3.63) is 34.9 Å². The summed E-state index contributed by atoms with van der Waals surface area (Å²) in [4.78, 5) is 22.1. The second-order valence-corrected chi connectivity index (χ2v) is 4.00. The highest BCUT2D eigenvalue weighted by Gasteiger charge is 2.20. The lowest BCUT2D eigenvalue weighted by Gasteiger charge is -2.10. The van der Waals surface area contributed by atoms with E-state index in [-0.39, 0.29) is 12.1 Å². The summed E-state index contributed by atoms with van der Waals surface area (Å²) in [6.45, 7) is 2.60. The van der Waals surface area contributed by atoms with Crippen LogP contribution in [0, 0.1) is 24.5 Å². The second kappa shape index (κ2) is 5.57. The summed E-state index contributed by atoms with van der Waals surface area (Å²) in [6, 6.07) is 2.22. The minimum absolute atomic E-state index is 0.146. The Bertz CT molecular complexity index is 488. The van der Waals surface area contributed by atoms with Crippen molar-refractivity contribution < 1.29 is 23.5 Å². The molecule has 1 atom stereocenters. The van der Waals surface area contributed by atoms with Crippen LogP contribution in [0.3, 0.4) is 0 Å². The molecule has 4 nitrogen and oxygen atoms in total. The summed E-state index contributed by atoms with van der Waals surface area (Å²) in [6.07, 6.45) is 0. The number of rotatable bonds is 4. The Morgan fingerprint density at radius 1 is 1.39 bits per heavy atom. The van der Waals surface area contributed by atoms with Crippen LogP contribution in [0.1, 0.15) is 22.8 Å². The van der Waals surface area contributed by atoms with Gasteiger partial charge < -0.3 is 10.4 Å². The predicted molar refractivity (Wildman–Crippen MR) is 60.2 cm³/mol. The Balaban J connectivity index is 2.85. The number of halogens is 2. The van der Waals surface area contributed by atoms with Crippen LogP contribution in [0.25, 0.3) is 0 Å². The third-order valence-electron chi connectivity index (χ3n) is 2.50. The molecule has 0 saturated heterocycles. The summed E-state index contributed by atoms with van der Waals surface area (Å²) in [5, 5.41) is 10.8. The van der Waals surface area contributed by atoms with Gasteiger partial charge in [-0.1, -0.05) is 13.0 Å². The fraction of sp³-hybridized carbons (Fsp3) is 0.333. The zero-order valence-corrected chi connectivity index (χ0v) is 9.96. The van der Waals surface area contributed by atoms with Gasteiger partial charge in [-0.25, -0.2) is 8.78 Å². The lowest BCUT2D eigenvalue weighted by molar-refractivity contribution is -0.140. The van der Waals surface area contributed by atoms with Gasteiger partial charge in [0.25, 0.3) is 5.91 Å². The maximum absolute atomic E-state index is 13.6. The maximum Gasteiger partial charge on any atom is 0.308 e. The number of amides is 1. The number of hydrogen-bond acceptors (Lipinski definition) is 2. The minimum Gasteiger partial charge on any atom is -0.481 e. The molecular weight excluding hydrogens is 244 g/mol. The average Bonchev–Trinajstić information content (AvgIpc) is 2.31. The van der Waals surface area contributed by atoms with Gasteiger partial charge in [-0.2, -0.15) is 0 Å². The van der Waals surface area contributed by atoms with Gasteiger partial charge in [-0.15, -0.1) is 0 Å². The van der Waals surface area contributed by atoms with Crippen LogP contribution in [-0.4, -0.2) is 23.5 Å². The van der Waals surface area contributed by atoms with E-state index in [9.17, 15) is 18.4 Å². The molecule has 6 heteroatoms. The van der Waals surface area contributed by atoms with Gasteiger partial charge in [0.1, 0.15) is 17.2 Å². The number of carbonyl (C=O) groups is 2. The van der Waals surface area contributed by atoms with Gasteiger partial charge in [0.15, 0.2) is 0 Å². The zero-order chi connectivity index (χ0) is 13.9. The number of benzene rings is 1. The second-order valence-electron chi connectivity index (χ2n) is 4.00. The van der Waals surface area contributed by atoms with E-state index in [4.69, 9.17) is 5.11 Å². The lowest BCUT2D eigenvalue weighted by Crippen LogP contribution is -2.32. The van der Waals surface area contributed by atoms with Crippen LogP contribution in [0.15, 0.2) is 12.1 Å². The molecule has 1 rings (SSSR count). The normalized spacial score (nSPS) is 12.0. The smallest absolute Gasteiger partial charge is 0.308 e. The monoisotopic (exact) mass is 257 g/mol. The van der Waals surface area contributed by atoms with Crippen molar-refractivity contribution in [1.29, 1.82) is 0 Å². The number of aliphatic carboxylic acids is 1. The Hall–Kier alpha value is -1.98. The first-order chi connectivity index (χ1) is 8.34. The Kier molecular flexibility index (Phi) is 4.36. The fourth-order valence-corrected chi connectivity index (χ4v) is 1.29. The minimum atomic E-state index is -1.10. The topological polar surface area (TPSA) is 66.4 Å². The van der Waals surface area contributed by atoms with Crippen LogP contribution in [0.4, 0.5) is 8.78 Å². The van der Waals surface area contributed by atoms with Gasteiger partial charge in [0, 0.05) is 6.54 Å². The van der Waals surface area contributed by atoms with Crippen molar-refractivity contribution in [3.63, 3.8) is 0 Å². The molecule has 0 aliphatic carbocycles. The van der Waals surface area contributed by atoms with E-state index in [1.165, 1.54) is 19.9 Å². The third kappa shape index (κ3) is 3.03. The number of hydrogen-bond donors (Lipinski definition) is 2. The molecule has 1 aromatic rings. The Morgan fingerprint density at radius 3 is 2.56 bits per heavy atom. The van der Waals surface area contributed by atoms with E-state index < -0.39 is 35.0 Å². The van der Waals surface area contributed by atoms with Crippen molar-refractivity contribution >= 4 is 11.9 Å². The summed E-state index contributed by atoms with van der Waals surface area (Å²) >= 11 is 0. The largest absolute Gasteiger partial charge is 0.481 e. The summed E-state index contributed by atoms with van der Waals surface area (Å²) in [5.41, 5.74) is -0.541.